The Kier molecular flexibility index (Phi) is 4.71. The van der Waals surface area contributed by atoms with E-state index >= 15 is 0 Å². The lowest BCUT2D eigenvalue weighted by Gasteiger charge is -2.14. The van der Waals surface area contributed by atoms with Crippen LogP contribution in [0.25, 0.3) is 11.5 Å². The summed E-state index contributed by atoms with van der Waals surface area (Å²) < 4.78 is 19.5. The molecule has 1 fully saturated rings. The molecule has 7 heteroatoms. The largest absolute Gasteiger partial charge is 0.411 e. The van der Waals surface area contributed by atoms with E-state index < -0.39 is 11.1 Å². The van der Waals surface area contributed by atoms with E-state index in [1.54, 1.807) is 18.2 Å². The number of nitrogens with one attached hydrogen (secondary N) is 1. The Morgan fingerprint density at radius 3 is 2.58 bits per heavy atom. The quantitative estimate of drug-likeness (QED) is 0.666. The normalized spacial score (nSPS) is 14.8. The molecule has 132 valence electrons. The van der Waals surface area contributed by atoms with Crippen LogP contribution in [0, 0.1) is 5.82 Å². The number of rotatable bonds is 6. The van der Waals surface area contributed by atoms with Gasteiger partial charge in [-0.15, -0.1) is 10.2 Å². The first-order valence-electron chi connectivity index (χ1n) is 8.31. The zero-order valence-corrected chi connectivity index (χ0v) is 14.6. The van der Waals surface area contributed by atoms with E-state index in [0.717, 1.165) is 18.4 Å². The number of amides is 1. The van der Waals surface area contributed by atoms with Gasteiger partial charge in [0.15, 0.2) is 0 Å². The molecule has 0 bridgehead atoms. The number of hydrogen-bond donors (Lipinski definition) is 1. The van der Waals surface area contributed by atoms with Gasteiger partial charge in [-0.1, -0.05) is 42.5 Å². The molecule has 1 amide bonds. The minimum absolute atomic E-state index is 0.0886. The smallest absolute Gasteiger partial charge is 0.277 e. The second kappa shape index (κ2) is 7.29. The third kappa shape index (κ3) is 3.77. The van der Waals surface area contributed by atoms with E-state index in [1.165, 1.54) is 17.8 Å². The van der Waals surface area contributed by atoms with Crippen molar-refractivity contribution in [2.45, 2.75) is 29.4 Å². The molecule has 1 saturated carbocycles. The van der Waals surface area contributed by atoms with Crippen molar-refractivity contribution in [2.24, 2.45) is 0 Å². The Bertz CT molecular complexity index is 912. The molecule has 0 spiro atoms. The molecule has 1 N–H and O–H groups in total. The third-order valence-electron chi connectivity index (χ3n) is 3.99. The summed E-state index contributed by atoms with van der Waals surface area (Å²) in [5.41, 5.74) is 1.09. The minimum Gasteiger partial charge on any atom is -0.411 e. The topological polar surface area (TPSA) is 68.0 Å². The highest BCUT2D eigenvalue weighted by Crippen LogP contribution is 2.37. The molecule has 1 aliphatic carbocycles. The van der Waals surface area contributed by atoms with Crippen molar-refractivity contribution in [2.75, 3.05) is 0 Å². The number of aromatic nitrogens is 2. The van der Waals surface area contributed by atoms with E-state index in [1.807, 2.05) is 30.3 Å². The standard InChI is InChI=1S/C19H16FN3O2S/c20-15-9-5-4-8-14(15)18-22-23-19(25-18)26-16(12-6-2-1-3-7-12)17(24)21-13-10-11-13/h1-9,13,16H,10-11H2,(H,21,24)/t16-/m1/s1. The van der Waals surface area contributed by atoms with Crippen molar-refractivity contribution in [3.8, 4) is 11.5 Å². The molecule has 2 aromatic carbocycles. The lowest BCUT2D eigenvalue weighted by molar-refractivity contribution is -0.120. The van der Waals surface area contributed by atoms with Gasteiger partial charge in [0, 0.05) is 6.04 Å². The highest BCUT2D eigenvalue weighted by molar-refractivity contribution is 8.00. The Balaban J connectivity index is 1.58. The first-order valence-corrected chi connectivity index (χ1v) is 9.19. The minimum atomic E-state index is -0.509. The number of benzene rings is 2. The summed E-state index contributed by atoms with van der Waals surface area (Å²) in [6.07, 6.45) is 2.02. The summed E-state index contributed by atoms with van der Waals surface area (Å²) in [5, 5.41) is 10.6. The van der Waals surface area contributed by atoms with Gasteiger partial charge in [-0.2, -0.15) is 0 Å². The number of halogens is 1. The first-order chi connectivity index (χ1) is 12.7. The molecule has 0 saturated heterocycles. The van der Waals surface area contributed by atoms with Gasteiger partial charge in [-0.25, -0.2) is 4.39 Å². The highest BCUT2D eigenvalue weighted by Gasteiger charge is 2.30. The van der Waals surface area contributed by atoms with E-state index in [4.69, 9.17) is 4.42 Å². The number of carbonyl (C=O) groups excluding carboxylic acids is 1. The van der Waals surface area contributed by atoms with Crippen molar-refractivity contribution < 1.29 is 13.6 Å². The molecule has 0 radical (unpaired) electrons. The lowest BCUT2D eigenvalue weighted by Crippen LogP contribution is -2.29. The van der Waals surface area contributed by atoms with Gasteiger partial charge in [0.25, 0.3) is 11.1 Å². The fourth-order valence-electron chi connectivity index (χ4n) is 2.51. The average Bonchev–Trinajstić information content (AvgIpc) is 3.35. The number of hydrogen-bond acceptors (Lipinski definition) is 5. The van der Waals surface area contributed by atoms with Crippen LogP contribution in [-0.2, 0) is 4.79 Å². The second-order valence-electron chi connectivity index (χ2n) is 6.04. The number of nitrogens with zero attached hydrogens (tertiary/aromatic N) is 2. The van der Waals surface area contributed by atoms with Crippen LogP contribution in [-0.4, -0.2) is 22.1 Å². The second-order valence-corrected chi connectivity index (χ2v) is 7.10. The average molecular weight is 369 g/mol. The van der Waals surface area contributed by atoms with Crippen LogP contribution in [0.3, 0.4) is 0 Å². The maximum Gasteiger partial charge on any atom is 0.277 e. The summed E-state index contributed by atoms with van der Waals surface area (Å²) in [6, 6.07) is 15.9. The molecule has 0 unspecified atom stereocenters. The molecule has 1 aliphatic rings. The highest BCUT2D eigenvalue weighted by atomic mass is 32.2. The number of carbonyl (C=O) groups is 1. The summed E-state index contributed by atoms with van der Waals surface area (Å²) in [7, 11) is 0. The fourth-order valence-corrected chi connectivity index (χ4v) is 3.39. The predicted molar refractivity (Wildman–Crippen MR) is 95.9 cm³/mol. The van der Waals surface area contributed by atoms with Gasteiger partial charge in [0.2, 0.25) is 5.91 Å². The van der Waals surface area contributed by atoms with Crippen molar-refractivity contribution in [3.63, 3.8) is 0 Å². The lowest BCUT2D eigenvalue weighted by atomic mass is 10.1. The van der Waals surface area contributed by atoms with E-state index in [2.05, 4.69) is 15.5 Å². The molecular weight excluding hydrogens is 353 g/mol. The first kappa shape index (κ1) is 16.8. The van der Waals surface area contributed by atoms with E-state index in [0.29, 0.717) is 0 Å². The van der Waals surface area contributed by atoms with E-state index in [-0.39, 0.29) is 28.6 Å². The zero-order chi connectivity index (χ0) is 17.9. The summed E-state index contributed by atoms with van der Waals surface area (Å²) >= 11 is 1.17. The summed E-state index contributed by atoms with van der Waals surface area (Å²) in [5.74, 6) is -0.423. The predicted octanol–water partition coefficient (Wildman–Crippen LogP) is 3.99. The maximum absolute atomic E-state index is 13.9. The van der Waals surface area contributed by atoms with Crippen molar-refractivity contribution in [3.05, 3.63) is 66.0 Å². The van der Waals surface area contributed by atoms with Crippen molar-refractivity contribution >= 4 is 17.7 Å². The Hall–Kier alpha value is -2.67. The summed E-state index contributed by atoms with van der Waals surface area (Å²) in [6.45, 7) is 0. The van der Waals surface area contributed by atoms with Crippen molar-refractivity contribution in [1.29, 1.82) is 0 Å². The maximum atomic E-state index is 13.9. The van der Waals surface area contributed by atoms with Gasteiger partial charge < -0.3 is 9.73 Å². The molecular formula is C19H16FN3O2S. The molecule has 1 aromatic heterocycles. The van der Waals surface area contributed by atoms with Gasteiger partial charge in [0.05, 0.1) is 5.56 Å². The van der Waals surface area contributed by atoms with E-state index in [9.17, 15) is 9.18 Å². The Labute approximate surface area is 154 Å². The molecule has 0 aliphatic heterocycles. The fraction of sp³-hybridized carbons (Fsp3) is 0.211. The van der Waals surface area contributed by atoms with Crippen LogP contribution in [0.15, 0.2) is 64.2 Å². The summed E-state index contributed by atoms with van der Waals surface area (Å²) in [4.78, 5) is 12.6. The zero-order valence-electron chi connectivity index (χ0n) is 13.8. The van der Waals surface area contributed by atoms with Gasteiger partial charge in [-0.3, -0.25) is 4.79 Å². The van der Waals surface area contributed by atoms with Gasteiger partial charge >= 0.3 is 0 Å². The molecule has 4 rings (SSSR count). The molecule has 5 nitrogen and oxygen atoms in total. The third-order valence-corrected chi connectivity index (χ3v) is 5.08. The molecule has 1 heterocycles. The van der Waals surface area contributed by atoms with Crippen LogP contribution in [0.1, 0.15) is 23.7 Å². The number of thioether (sulfide) groups is 1. The van der Waals surface area contributed by atoms with Crippen LogP contribution in [0.4, 0.5) is 4.39 Å². The molecule has 26 heavy (non-hydrogen) atoms. The molecule has 1 atom stereocenters. The Morgan fingerprint density at radius 2 is 1.85 bits per heavy atom. The van der Waals surface area contributed by atoms with Crippen LogP contribution in [0.5, 0.6) is 0 Å². The van der Waals surface area contributed by atoms with Gasteiger partial charge in [-0.05, 0) is 42.3 Å². The van der Waals surface area contributed by atoms with Gasteiger partial charge in [0.1, 0.15) is 11.1 Å². The van der Waals surface area contributed by atoms with Crippen LogP contribution in [0.2, 0.25) is 0 Å². The van der Waals surface area contributed by atoms with Crippen LogP contribution >= 0.6 is 11.8 Å². The molecule has 3 aromatic rings. The SMILES string of the molecule is O=C(NC1CC1)[C@H](Sc1nnc(-c2ccccc2F)o1)c1ccccc1. The van der Waals surface area contributed by atoms with Crippen LogP contribution < -0.4 is 5.32 Å². The van der Waals surface area contributed by atoms with Crippen molar-refractivity contribution in [1.82, 2.24) is 15.5 Å². The monoisotopic (exact) mass is 369 g/mol. The Morgan fingerprint density at radius 1 is 1.12 bits per heavy atom.